The van der Waals surface area contributed by atoms with Gasteiger partial charge in [-0.25, -0.2) is 0 Å². The van der Waals surface area contributed by atoms with E-state index in [0.717, 1.165) is 12.5 Å². The zero-order valence-corrected chi connectivity index (χ0v) is 9.34. The largest absolute Gasteiger partial charge is 0.366 e. The standard InChI is InChI=1S/C11H13N3O3/c1-5-2-8(5)14-4-6(9(12)15)3-7(10(13)16)11(14)17/h3-5,8H,2H2,1H3,(H2,12,15)(H2,13,16). The summed E-state index contributed by atoms with van der Waals surface area (Å²) in [6, 6.07) is 1.18. The topological polar surface area (TPSA) is 108 Å². The fourth-order valence-electron chi connectivity index (χ4n) is 1.85. The van der Waals surface area contributed by atoms with Crippen LogP contribution in [0.2, 0.25) is 0 Å². The van der Waals surface area contributed by atoms with Crippen LogP contribution in [-0.4, -0.2) is 16.4 Å². The second-order valence-corrected chi connectivity index (χ2v) is 4.36. The molecule has 1 aliphatic rings. The van der Waals surface area contributed by atoms with Crippen LogP contribution in [0.15, 0.2) is 17.1 Å². The van der Waals surface area contributed by atoms with E-state index in [-0.39, 0.29) is 17.2 Å². The molecule has 0 aromatic carbocycles. The van der Waals surface area contributed by atoms with E-state index < -0.39 is 17.4 Å². The summed E-state index contributed by atoms with van der Waals surface area (Å²) < 4.78 is 1.38. The molecule has 1 aliphatic carbocycles. The number of primary amides is 2. The van der Waals surface area contributed by atoms with Crippen LogP contribution in [0.4, 0.5) is 0 Å². The van der Waals surface area contributed by atoms with Gasteiger partial charge in [-0.05, 0) is 18.4 Å². The van der Waals surface area contributed by atoms with Crippen molar-refractivity contribution < 1.29 is 9.59 Å². The molecule has 4 N–H and O–H groups in total. The van der Waals surface area contributed by atoms with Crippen LogP contribution in [0.25, 0.3) is 0 Å². The molecule has 90 valence electrons. The average Bonchev–Trinajstić information content (AvgIpc) is 2.94. The maximum absolute atomic E-state index is 11.9. The Balaban J connectivity index is 2.62. The van der Waals surface area contributed by atoms with E-state index in [1.807, 2.05) is 6.92 Å². The zero-order valence-electron chi connectivity index (χ0n) is 9.34. The van der Waals surface area contributed by atoms with Crippen LogP contribution < -0.4 is 17.0 Å². The van der Waals surface area contributed by atoms with E-state index in [4.69, 9.17) is 11.5 Å². The molecule has 2 unspecified atom stereocenters. The molecule has 1 aromatic rings. The Morgan fingerprint density at radius 2 is 1.94 bits per heavy atom. The Morgan fingerprint density at radius 1 is 1.35 bits per heavy atom. The lowest BCUT2D eigenvalue weighted by molar-refractivity contribution is 0.0998. The van der Waals surface area contributed by atoms with Crippen LogP contribution >= 0.6 is 0 Å². The van der Waals surface area contributed by atoms with Crippen molar-refractivity contribution in [1.29, 1.82) is 0 Å². The van der Waals surface area contributed by atoms with Crippen LogP contribution in [0, 0.1) is 5.92 Å². The predicted octanol–water partition coefficient (Wildman–Crippen LogP) is -0.373. The third kappa shape index (κ3) is 1.93. The van der Waals surface area contributed by atoms with Gasteiger partial charge in [0.2, 0.25) is 5.91 Å². The number of hydrogen-bond donors (Lipinski definition) is 2. The molecule has 2 atom stereocenters. The number of carbonyl (C=O) groups excluding carboxylic acids is 2. The van der Waals surface area contributed by atoms with Gasteiger partial charge in [0, 0.05) is 12.2 Å². The van der Waals surface area contributed by atoms with Crippen molar-refractivity contribution in [3.05, 3.63) is 33.7 Å². The van der Waals surface area contributed by atoms with E-state index in [1.165, 1.54) is 10.8 Å². The highest BCUT2D eigenvalue weighted by molar-refractivity contribution is 5.97. The first-order valence-corrected chi connectivity index (χ1v) is 5.27. The lowest BCUT2D eigenvalue weighted by Gasteiger charge is -2.08. The Kier molecular flexibility index (Phi) is 2.49. The fraction of sp³-hybridized carbons (Fsp3) is 0.364. The number of carbonyl (C=O) groups is 2. The first-order chi connectivity index (χ1) is 7.91. The van der Waals surface area contributed by atoms with Gasteiger partial charge in [0.1, 0.15) is 5.56 Å². The van der Waals surface area contributed by atoms with Crippen LogP contribution in [-0.2, 0) is 0 Å². The number of rotatable bonds is 3. The van der Waals surface area contributed by atoms with Gasteiger partial charge in [0.05, 0.1) is 5.56 Å². The second-order valence-electron chi connectivity index (χ2n) is 4.36. The van der Waals surface area contributed by atoms with Crippen LogP contribution in [0.1, 0.15) is 40.1 Å². The molecule has 0 saturated heterocycles. The molecular weight excluding hydrogens is 222 g/mol. The summed E-state index contributed by atoms with van der Waals surface area (Å²) in [6.07, 6.45) is 2.24. The molecule has 6 heteroatoms. The van der Waals surface area contributed by atoms with Crippen molar-refractivity contribution >= 4 is 11.8 Å². The van der Waals surface area contributed by atoms with Crippen molar-refractivity contribution in [2.75, 3.05) is 0 Å². The number of nitrogens with zero attached hydrogens (tertiary/aromatic N) is 1. The molecule has 0 bridgehead atoms. The summed E-state index contributed by atoms with van der Waals surface area (Å²) >= 11 is 0. The van der Waals surface area contributed by atoms with E-state index >= 15 is 0 Å². The molecule has 2 rings (SSSR count). The summed E-state index contributed by atoms with van der Waals surface area (Å²) in [6.45, 7) is 1.98. The van der Waals surface area contributed by atoms with E-state index in [9.17, 15) is 14.4 Å². The highest BCUT2D eigenvalue weighted by atomic mass is 16.2. The van der Waals surface area contributed by atoms with Crippen molar-refractivity contribution in [1.82, 2.24) is 4.57 Å². The minimum Gasteiger partial charge on any atom is -0.366 e. The van der Waals surface area contributed by atoms with Crippen molar-refractivity contribution in [3.8, 4) is 0 Å². The number of aromatic nitrogens is 1. The minimum atomic E-state index is -0.847. The smallest absolute Gasteiger partial charge is 0.263 e. The Bertz CT molecular complexity index is 562. The number of hydrogen-bond acceptors (Lipinski definition) is 3. The van der Waals surface area contributed by atoms with Gasteiger partial charge in [0.25, 0.3) is 11.5 Å². The van der Waals surface area contributed by atoms with Gasteiger partial charge in [-0.2, -0.15) is 0 Å². The highest BCUT2D eigenvalue weighted by Crippen LogP contribution is 2.41. The summed E-state index contributed by atoms with van der Waals surface area (Å²) in [5.41, 5.74) is 9.72. The Hall–Kier alpha value is -2.11. The van der Waals surface area contributed by atoms with Crippen molar-refractivity contribution in [2.45, 2.75) is 19.4 Å². The maximum Gasteiger partial charge on any atom is 0.263 e. The number of nitrogens with two attached hydrogens (primary N) is 2. The Morgan fingerprint density at radius 3 is 2.35 bits per heavy atom. The third-order valence-electron chi connectivity index (χ3n) is 3.02. The summed E-state index contributed by atoms with van der Waals surface area (Å²) in [5.74, 6) is -1.17. The fourth-order valence-corrected chi connectivity index (χ4v) is 1.85. The van der Waals surface area contributed by atoms with Gasteiger partial charge >= 0.3 is 0 Å². The van der Waals surface area contributed by atoms with Gasteiger partial charge in [-0.1, -0.05) is 6.92 Å². The normalized spacial score (nSPS) is 22.2. The summed E-state index contributed by atoms with van der Waals surface area (Å²) in [5, 5.41) is 0. The van der Waals surface area contributed by atoms with E-state index in [0.29, 0.717) is 5.92 Å². The lowest BCUT2D eigenvalue weighted by Crippen LogP contribution is -2.31. The summed E-state index contributed by atoms with van der Waals surface area (Å²) in [7, 11) is 0. The van der Waals surface area contributed by atoms with Crippen LogP contribution in [0.3, 0.4) is 0 Å². The lowest BCUT2D eigenvalue weighted by atomic mass is 10.1. The maximum atomic E-state index is 11.9. The molecule has 17 heavy (non-hydrogen) atoms. The quantitative estimate of drug-likeness (QED) is 0.745. The monoisotopic (exact) mass is 235 g/mol. The van der Waals surface area contributed by atoms with Gasteiger partial charge in [-0.3, -0.25) is 14.4 Å². The molecular formula is C11H13N3O3. The third-order valence-corrected chi connectivity index (χ3v) is 3.02. The molecule has 1 fully saturated rings. The van der Waals surface area contributed by atoms with Crippen molar-refractivity contribution in [2.24, 2.45) is 17.4 Å². The molecule has 1 aromatic heterocycles. The SMILES string of the molecule is CC1CC1n1cc(C(N)=O)cc(C(N)=O)c1=O. The zero-order chi connectivity index (χ0) is 12.7. The second kappa shape index (κ2) is 3.73. The molecule has 0 radical (unpaired) electrons. The average molecular weight is 235 g/mol. The first kappa shape index (κ1) is 11.4. The number of amides is 2. The Labute approximate surface area is 97.2 Å². The molecule has 0 spiro atoms. The molecule has 1 saturated carbocycles. The van der Waals surface area contributed by atoms with Crippen LogP contribution in [0.5, 0.6) is 0 Å². The molecule has 0 aliphatic heterocycles. The van der Waals surface area contributed by atoms with Gasteiger partial charge < -0.3 is 16.0 Å². The number of pyridine rings is 1. The van der Waals surface area contributed by atoms with Crippen molar-refractivity contribution in [3.63, 3.8) is 0 Å². The highest BCUT2D eigenvalue weighted by Gasteiger charge is 2.36. The molecule has 2 amide bonds. The van der Waals surface area contributed by atoms with E-state index in [1.54, 1.807) is 0 Å². The van der Waals surface area contributed by atoms with Gasteiger partial charge in [-0.15, -0.1) is 0 Å². The molecule has 6 nitrogen and oxygen atoms in total. The predicted molar refractivity (Wildman–Crippen MR) is 60.6 cm³/mol. The molecule has 1 heterocycles. The first-order valence-electron chi connectivity index (χ1n) is 5.27. The summed E-state index contributed by atoms with van der Waals surface area (Å²) in [4.78, 5) is 34.2. The van der Waals surface area contributed by atoms with E-state index in [2.05, 4.69) is 0 Å². The minimum absolute atomic E-state index is 0.0277. The van der Waals surface area contributed by atoms with Gasteiger partial charge in [0.15, 0.2) is 0 Å².